The molecule has 5 nitrogen and oxygen atoms in total. The molecule has 2 amide bonds. The third kappa shape index (κ3) is 5.21. The van der Waals surface area contributed by atoms with Crippen LogP contribution in [0, 0.1) is 5.92 Å². The molecule has 0 fully saturated rings. The number of hydrogen-bond donors (Lipinski definition) is 2. The summed E-state index contributed by atoms with van der Waals surface area (Å²) in [6, 6.07) is -1.18. The third-order valence-electron chi connectivity index (χ3n) is 2.89. The number of carboxylic acid groups (broad SMARTS) is 1. The first kappa shape index (κ1) is 16.5. The summed E-state index contributed by atoms with van der Waals surface area (Å²) in [6.45, 7) is 10.3. The number of nitrogens with zero attached hydrogens (tertiary/aromatic N) is 1. The van der Waals surface area contributed by atoms with Crippen molar-refractivity contribution in [2.24, 2.45) is 5.92 Å². The second-order valence-corrected chi connectivity index (χ2v) is 4.39. The van der Waals surface area contributed by atoms with E-state index in [4.69, 9.17) is 5.11 Å². The average Bonchev–Trinajstić information content (AvgIpc) is 2.34. The molecule has 0 saturated carbocycles. The fraction of sp³-hybridized carbons (Fsp3) is 0.692. The SMILES string of the molecule is C=CCN(CCC)C(=O)NC(C(=O)O)C(C)CC. The smallest absolute Gasteiger partial charge is 0.326 e. The maximum atomic E-state index is 12.0. The molecule has 5 heteroatoms. The first-order valence-corrected chi connectivity index (χ1v) is 6.36. The van der Waals surface area contributed by atoms with Crippen molar-refractivity contribution >= 4 is 12.0 Å². The number of carboxylic acids is 1. The molecule has 0 aromatic carbocycles. The van der Waals surface area contributed by atoms with Gasteiger partial charge in [-0.2, -0.15) is 0 Å². The molecule has 0 heterocycles. The number of urea groups is 1. The lowest BCUT2D eigenvalue weighted by Crippen LogP contribution is -2.50. The molecular formula is C13H24N2O3. The summed E-state index contributed by atoms with van der Waals surface area (Å²) in [5.74, 6) is -1.09. The molecule has 0 aliphatic rings. The van der Waals surface area contributed by atoms with Crippen molar-refractivity contribution in [2.75, 3.05) is 13.1 Å². The van der Waals surface area contributed by atoms with E-state index in [1.807, 2.05) is 20.8 Å². The summed E-state index contributed by atoms with van der Waals surface area (Å²) < 4.78 is 0. The Morgan fingerprint density at radius 2 is 2.06 bits per heavy atom. The van der Waals surface area contributed by atoms with Gasteiger partial charge in [-0.3, -0.25) is 0 Å². The molecule has 0 spiro atoms. The Morgan fingerprint density at radius 3 is 2.44 bits per heavy atom. The number of rotatable bonds is 8. The minimum absolute atomic E-state index is 0.0985. The number of aliphatic carboxylic acids is 1. The zero-order valence-electron chi connectivity index (χ0n) is 11.5. The Balaban J connectivity index is 4.64. The predicted octanol–water partition coefficient (Wildman–Crippen LogP) is 2.09. The van der Waals surface area contributed by atoms with Crippen LogP contribution >= 0.6 is 0 Å². The standard InChI is InChI=1S/C13H24N2O3/c1-5-8-15(9-6-2)13(18)14-11(12(16)17)10(4)7-3/h5,10-11H,1,6-9H2,2-4H3,(H,14,18)(H,16,17). The predicted molar refractivity (Wildman–Crippen MR) is 71.5 cm³/mol. The Kier molecular flexibility index (Phi) is 7.83. The van der Waals surface area contributed by atoms with Crippen LogP contribution in [-0.2, 0) is 4.79 Å². The van der Waals surface area contributed by atoms with Gasteiger partial charge in [-0.15, -0.1) is 6.58 Å². The summed E-state index contributed by atoms with van der Waals surface area (Å²) in [5, 5.41) is 11.7. The molecule has 18 heavy (non-hydrogen) atoms. The van der Waals surface area contributed by atoms with Crippen LogP contribution in [0.3, 0.4) is 0 Å². The molecule has 0 radical (unpaired) electrons. The van der Waals surface area contributed by atoms with Gasteiger partial charge in [-0.05, 0) is 12.3 Å². The first-order valence-electron chi connectivity index (χ1n) is 6.36. The van der Waals surface area contributed by atoms with Crippen molar-refractivity contribution in [3.63, 3.8) is 0 Å². The molecule has 0 aliphatic heterocycles. The van der Waals surface area contributed by atoms with Crippen LogP contribution in [0.15, 0.2) is 12.7 Å². The van der Waals surface area contributed by atoms with Gasteiger partial charge < -0.3 is 15.3 Å². The van der Waals surface area contributed by atoms with E-state index in [1.54, 1.807) is 11.0 Å². The maximum absolute atomic E-state index is 12.0. The second kappa shape index (κ2) is 8.55. The highest BCUT2D eigenvalue weighted by atomic mass is 16.4. The summed E-state index contributed by atoms with van der Waals surface area (Å²) in [6.07, 6.45) is 3.16. The van der Waals surface area contributed by atoms with Crippen LogP contribution in [0.5, 0.6) is 0 Å². The Bertz CT molecular complexity index is 292. The van der Waals surface area contributed by atoms with Gasteiger partial charge in [0.25, 0.3) is 0 Å². The quantitative estimate of drug-likeness (QED) is 0.653. The molecule has 0 rings (SSSR count). The molecule has 2 N–H and O–H groups in total. The van der Waals surface area contributed by atoms with Crippen LogP contribution in [0.1, 0.15) is 33.6 Å². The van der Waals surface area contributed by atoms with Gasteiger partial charge in [-0.25, -0.2) is 9.59 Å². The van der Waals surface area contributed by atoms with Crippen molar-refractivity contribution in [3.8, 4) is 0 Å². The summed E-state index contributed by atoms with van der Waals surface area (Å²) in [7, 11) is 0. The Labute approximate surface area is 109 Å². The van der Waals surface area contributed by atoms with Crippen LogP contribution in [0.25, 0.3) is 0 Å². The van der Waals surface area contributed by atoms with Crippen molar-refractivity contribution in [3.05, 3.63) is 12.7 Å². The highest BCUT2D eigenvalue weighted by Gasteiger charge is 2.26. The van der Waals surface area contributed by atoms with Gasteiger partial charge in [0.2, 0.25) is 0 Å². The lowest BCUT2D eigenvalue weighted by Gasteiger charge is -2.26. The molecule has 0 saturated heterocycles. The van der Waals surface area contributed by atoms with Crippen molar-refractivity contribution in [1.82, 2.24) is 10.2 Å². The molecule has 0 aromatic heterocycles. The van der Waals surface area contributed by atoms with Crippen LogP contribution in [-0.4, -0.2) is 41.1 Å². The Morgan fingerprint density at radius 1 is 1.44 bits per heavy atom. The molecule has 0 aromatic rings. The van der Waals surface area contributed by atoms with Gasteiger partial charge in [0.1, 0.15) is 6.04 Å². The van der Waals surface area contributed by atoms with Gasteiger partial charge in [0, 0.05) is 13.1 Å². The van der Waals surface area contributed by atoms with Gasteiger partial charge in [0.15, 0.2) is 0 Å². The van der Waals surface area contributed by atoms with Crippen molar-refractivity contribution in [2.45, 2.75) is 39.7 Å². The van der Waals surface area contributed by atoms with Crippen molar-refractivity contribution < 1.29 is 14.7 Å². The van der Waals surface area contributed by atoms with Crippen molar-refractivity contribution in [1.29, 1.82) is 0 Å². The van der Waals surface area contributed by atoms with E-state index >= 15 is 0 Å². The number of carbonyl (C=O) groups excluding carboxylic acids is 1. The number of amides is 2. The van der Waals surface area contributed by atoms with Gasteiger partial charge in [-0.1, -0.05) is 33.3 Å². The van der Waals surface area contributed by atoms with E-state index in [0.29, 0.717) is 19.5 Å². The van der Waals surface area contributed by atoms with E-state index in [1.165, 1.54) is 0 Å². The zero-order chi connectivity index (χ0) is 14.1. The summed E-state index contributed by atoms with van der Waals surface area (Å²) in [4.78, 5) is 24.6. The van der Waals surface area contributed by atoms with E-state index in [-0.39, 0.29) is 11.9 Å². The van der Waals surface area contributed by atoms with E-state index in [2.05, 4.69) is 11.9 Å². The average molecular weight is 256 g/mol. The maximum Gasteiger partial charge on any atom is 0.326 e. The molecule has 2 unspecified atom stereocenters. The van der Waals surface area contributed by atoms with E-state index in [9.17, 15) is 9.59 Å². The first-order chi connectivity index (χ1) is 8.47. The molecule has 0 bridgehead atoms. The molecule has 2 atom stereocenters. The van der Waals surface area contributed by atoms with E-state index in [0.717, 1.165) is 6.42 Å². The lowest BCUT2D eigenvalue weighted by molar-refractivity contribution is -0.140. The fourth-order valence-corrected chi connectivity index (χ4v) is 1.61. The summed E-state index contributed by atoms with van der Waals surface area (Å²) in [5.41, 5.74) is 0. The minimum Gasteiger partial charge on any atom is -0.480 e. The lowest BCUT2D eigenvalue weighted by atomic mass is 9.99. The number of carbonyl (C=O) groups is 2. The highest BCUT2D eigenvalue weighted by molar-refractivity contribution is 5.82. The monoisotopic (exact) mass is 256 g/mol. The van der Waals surface area contributed by atoms with Gasteiger partial charge in [0.05, 0.1) is 0 Å². The van der Waals surface area contributed by atoms with Crippen LogP contribution in [0.4, 0.5) is 4.79 Å². The highest BCUT2D eigenvalue weighted by Crippen LogP contribution is 2.08. The Hall–Kier alpha value is -1.52. The topological polar surface area (TPSA) is 69.6 Å². The zero-order valence-corrected chi connectivity index (χ0v) is 11.5. The minimum atomic E-state index is -0.993. The molecule has 0 aliphatic carbocycles. The third-order valence-corrected chi connectivity index (χ3v) is 2.89. The van der Waals surface area contributed by atoms with E-state index < -0.39 is 12.0 Å². The molecular weight excluding hydrogens is 232 g/mol. The largest absolute Gasteiger partial charge is 0.480 e. The molecule has 104 valence electrons. The van der Waals surface area contributed by atoms with Crippen LogP contribution < -0.4 is 5.32 Å². The summed E-state index contributed by atoms with van der Waals surface area (Å²) >= 11 is 0. The van der Waals surface area contributed by atoms with Gasteiger partial charge >= 0.3 is 12.0 Å². The fourth-order valence-electron chi connectivity index (χ4n) is 1.61. The number of hydrogen-bond acceptors (Lipinski definition) is 2. The van der Waals surface area contributed by atoms with Crippen LogP contribution in [0.2, 0.25) is 0 Å². The second-order valence-electron chi connectivity index (χ2n) is 4.39. The normalized spacial score (nSPS) is 13.5. The number of nitrogens with one attached hydrogen (secondary N) is 1.